The summed E-state index contributed by atoms with van der Waals surface area (Å²) in [6.45, 7) is 0.483. The monoisotopic (exact) mass is 392 g/mol. The number of halogens is 1. The van der Waals surface area contributed by atoms with E-state index >= 15 is 0 Å². The molecule has 3 aromatic heterocycles. The van der Waals surface area contributed by atoms with E-state index in [0.717, 1.165) is 18.5 Å². The Morgan fingerprint density at radius 3 is 2.79 bits per heavy atom. The third-order valence-corrected chi connectivity index (χ3v) is 5.72. The van der Waals surface area contributed by atoms with Crippen LogP contribution in [0.1, 0.15) is 29.0 Å². The molecule has 0 N–H and O–H groups in total. The summed E-state index contributed by atoms with van der Waals surface area (Å²) < 4.78 is 15.9. The van der Waals surface area contributed by atoms with Crippen molar-refractivity contribution in [1.29, 1.82) is 0 Å². The molecule has 1 fully saturated rings. The van der Waals surface area contributed by atoms with Crippen LogP contribution < -0.4 is 0 Å². The van der Waals surface area contributed by atoms with E-state index in [9.17, 15) is 9.18 Å². The van der Waals surface area contributed by atoms with Crippen LogP contribution in [0, 0.1) is 5.82 Å². The maximum atomic E-state index is 14.1. The molecule has 140 valence electrons. The Balaban J connectivity index is 1.49. The van der Waals surface area contributed by atoms with Crippen LogP contribution in [0.25, 0.3) is 16.2 Å². The van der Waals surface area contributed by atoms with Gasteiger partial charge < -0.3 is 4.90 Å². The van der Waals surface area contributed by atoms with Crippen molar-refractivity contribution in [3.05, 3.63) is 77.4 Å². The number of thiazole rings is 1. The summed E-state index contributed by atoms with van der Waals surface area (Å²) in [4.78, 5) is 24.7. The van der Waals surface area contributed by atoms with E-state index in [1.165, 1.54) is 17.4 Å². The Morgan fingerprint density at radius 2 is 2.04 bits per heavy atom. The lowest BCUT2D eigenvalue weighted by Gasteiger charge is -2.21. The van der Waals surface area contributed by atoms with Crippen molar-refractivity contribution in [3.63, 3.8) is 0 Å². The molecule has 5 rings (SSSR count). The number of fused-ring (bicyclic) bond motifs is 1. The first kappa shape index (κ1) is 17.1. The standard InChI is InChI=1S/C21H17FN4OS/c22-17-7-2-1-6-16(17)18-12-26-19(13-28-21(26)24-18)20(27)25(15-8-9-15)11-14-5-3-4-10-23-14/h1-7,10,12-13,15H,8-9,11H2. The molecule has 0 spiro atoms. The third kappa shape index (κ3) is 3.07. The van der Waals surface area contributed by atoms with Gasteiger partial charge in [0.15, 0.2) is 4.96 Å². The normalized spacial score (nSPS) is 13.8. The van der Waals surface area contributed by atoms with Crippen LogP contribution in [-0.4, -0.2) is 31.2 Å². The first-order valence-corrected chi connectivity index (χ1v) is 10.0. The number of hydrogen-bond acceptors (Lipinski definition) is 4. The number of pyridine rings is 1. The molecule has 0 atom stereocenters. The van der Waals surface area contributed by atoms with E-state index in [2.05, 4.69) is 9.97 Å². The predicted octanol–water partition coefficient (Wildman–Crippen LogP) is 4.40. The highest BCUT2D eigenvalue weighted by Crippen LogP contribution is 2.31. The minimum absolute atomic E-state index is 0.0445. The number of carbonyl (C=O) groups is 1. The third-order valence-electron chi connectivity index (χ3n) is 4.88. The van der Waals surface area contributed by atoms with E-state index in [1.54, 1.807) is 35.0 Å². The highest BCUT2D eigenvalue weighted by atomic mass is 32.1. The molecule has 1 aliphatic rings. The van der Waals surface area contributed by atoms with Gasteiger partial charge in [0.2, 0.25) is 0 Å². The number of imidazole rings is 1. The molecule has 0 radical (unpaired) electrons. The summed E-state index contributed by atoms with van der Waals surface area (Å²) in [6, 6.07) is 12.5. The zero-order valence-electron chi connectivity index (χ0n) is 15.0. The summed E-state index contributed by atoms with van der Waals surface area (Å²) >= 11 is 1.39. The minimum Gasteiger partial charge on any atom is -0.328 e. The Bertz CT molecular complexity index is 1150. The van der Waals surface area contributed by atoms with Gasteiger partial charge in [-0.05, 0) is 37.1 Å². The number of nitrogens with zero attached hydrogens (tertiary/aromatic N) is 4. The molecule has 1 aliphatic carbocycles. The molecule has 7 heteroatoms. The smallest absolute Gasteiger partial charge is 0.272 e. The summed E-state index contributed by atoms with van der Waals surface area (Å²) in [5, 5.41) is 1.82. The van der Waals surface area contributed by atoms with E-state index in [0.29, 0.717) is 28.5 Å². The fraction of sp³-hybridized carbons (Fsp3) is 0.190. The maximum absolute atomic E-state index is 14.1. The van der Waals surface area contributed by atoms with Crippen molar-refractivity contribution < 1.29 is 9.18 Å². The van der Waals surface area contributed by atoms with Gasteiger partial charge in [0.05, 0.1) is 17.9 Å². The lowest BCUT2D eigenvalue weighted by Crippen LogP contribution is -2.33. The minimum atomic E-state index is -0.323. The van der Waals surface area contributed by atoms with Gasteiger partial charge in [-0.25, -0.2) is 9.37 Å². The van der Waals surface area contributed by atoms with Crippen molar-refractivity contribution in [2.24, 2.45) is 0 Å². The molecule has 0 saturated heterocycles. The number of aromatic nitrogens is 3. The van der Waals surface area contributed by atoms with Crippen molar-refractivity contribution >= 4 is 22.2 Å². The molecule has 1 saturated carbocycles. The number of hydrogen-bond donors (Lipinski definition) is 0. The van der Waals surface area contributed by atoms with Crippen molar-refractivity contribution in [2.45, 2.75) is 25.4 Å². The Hall–Kier alpha value is -3.06. The zero-order chi connectivity index (χ0) is 19.1. The number of benzene rings is 1. The second-order valence-electron chi connectivity index (χ2n) is 6.86. The molecular weight excluding hydrogens is 375 g/mol. The van der Waals surface area contributed by atoms with Crippen LogP contribution in [0.2, 0.25) is 0 Å². The molecule has 0 unspecified atom stereocenters. The van der Waals surface area contributed by atoms with Gasteiger partial charge in [0.1, 0.15) is 11.5 Å². The van der Waals surface area contributed by atoms with Gasteiger partial charge in [-0.15, -0.1) is 11.3 Å². The van der Waals surface area contributed by atoms with Crippen molar-refractivity contribution in [2.75, 3.05) is 0 Å². The van der Waals surface area contributed by atoms with Crippen LogP contribution >= 0.6 is 11.3 Å². The van der Waals surface area contributed by atoms with Gasteiger partial charge in [0, 0.05) is 29.4 Å². The van der Waals surface area contributed by atoms with Gasteiger partial charge in [-0.3, -0.25) is 14.2 Å². The van der Waals surface area contributed by atoms with Crippen LogP contribution in [0.4, 0.5) is 4.39 Å². The molecule has 5 nitrogen and oxygen atoms in total. The van der Waals surface area contributed by atoms with Gasteiger partial charge >= 0.3 is 0 Å². The molecule has 28 heavy (non-hydrogen) atoms. The average molecular weight is 392 g/mol. The first-order valence-electron chi connectivity index (χ1n) is 9.13. The lowest BCUT2D eigenvalue weighted by molar-refractivity contribution is 0.0721. The Kier molecular flexibility index (Phi) is 4.16. The molecule has 0 bridgehead atoms. The van der Waals surface area contributed by atoms with E-state index in [-0.39, 0.29) is 17.8 Å². The lowest BCUT2D eigenvalue weighted by atomic mass is 10.1. The van der Waals surface area contributed by atoms with Crippen LogP contribution in [0.3, 0.4) is 0 Å². The highest BCUT2D eigenvalue weighted by molar-refractivity contribution is 7.15. The fourth-order valence-electron chi connectivity index (χ4n) is 3.30. The van der Waals surface area contributed by atoms with Crippen molar-refractivity contribution in [1.82, 2.24) is 19.3 Å². The van der Waals surface area contributed by atoms with Gasteiger partial charge in [-0.1, -0.05) is 18.2 Å². The summed E-state index contributed by atoms with van der Waals surface area (Å²) in [5.74, 6) is -0.368. The maximum Gasteiger partial charge on any atom is 0.272 e. The van der Waals surface area contributed by atoms with E-state index in [1.807, 2.05) is 28.5 Å². The number of rotatable bonds is 5. The van der Waals surface area contributed by atoms with Gasteiger partial charge in [-0.2, -0.15) is 0 Å². The second kappa shape index (κ2) is 6.83. The van der Waals surface area contributed by atoms with E-state index in [4.69, 9.17) is 0 Å². The SMILES string of the molecule is O=C(c1csc2nc(-c3ccccc3F)cn12)N(Cc1ccccn1)C1CC1. The quantitative estimate of drug-likeness (QED) is 0.506. The van der Waals surface area contributed by atoms with Gasteiger partial charge in [0.25, 0.3) is 5.91 Å². The van der Waals surface area contributed by atoms with E-state index < -0.39 is 0 Å². The molecule has 1 aromatic carbocycles. The summed E-state index contributed by atoms with van der Waals surface area (Å²) in [6.07, 6.45) is 5.50. The number of amides is 1. The molecule has 0 aliphatic heterocycles. The molecule has 4 aromatic rings. The molecule has 3 heterocycles. The Morgan fingerprint density at radius 1 is 1.21 bits per heavy atom. The topological polar surface area (TPSA) is 50.5 Å². The zero-order valence-corrected chi connectivity index (χ0v) is 15.8. The molecular formula is C21H17FN4OS. The first-order chi connectivity index (χ1) is 13.7. The predicted molar refractivity (Wildman–Crippen MR) is 106 cm³/mol. The summed E-state index contributed by atoms with van der Waals surface area (Å²) in [7, 11) is 0. The average Bonchev–Trinajstić information content (AvgIpc) is 3.35. The van der Waals surface area contributed by atoms with Crippen LogP contribution in [-0.2, 0) is 6.54 Å². The second-order valence-corrected chi connectivity index (χ2v) is 7.70. The van der Waals surface area contributed by atoms with Crippen molar-refractivity contribution in [3.8, 4) is 11.3 Å². The Labute approximate surface area is 165 Å². The fourth-order valence-corrected chi connectivity index (χ4v) is 4.15. The highest BCUT2D eigenvalue weighted by Gasteiger charge is 2.34. The van der Waals surface area contributed by atoms with Crippen LogP contribution in [0.15, 0.2) is 60.2 Å². The summed E-state index contributed by atoms with van der Waals surface area (Å²) in [5.41, 5.74) is 2.39. The largest absolute Gasteiger partial charge is 0.328 e. The van der Waals surface area contributed by atoms with Crippen LogP contribution in [0.5, 0.6) is 0 Å². The number of carbonyl (C=O) groups excluding carboxylic acids is 1. The molecule has 1 amide bonds.